The fourth-order valence-electron chi connectivity index (χ4n) is 1.84. The first-order valence-corrected chi connectivity index (χ1v) is 6.07. The number of hydrogen-bond acceptors (Lipinski definition) is 2. The molecule has 4 nitrogen and oxygen atoms in total. The van der Waals surface area contributed by atoms with Gasteiger partial charge in [-0.2, -0.15) is 0 Å². The third-order valence-electron chi connectivity index (χ3n) is 2.52. The molecular weight excluding hydrogens is 204 g/mol. The second-order valence-electron chi connectivity index (χ2n) is 4.93. The molecule has 0 rings (SSSR count). The molecule has 0 aromatic heterocycles. The highest BCUT2D eigenvalue weighted by atomic mass is 16.3. The van der Waals surface area contributed by atoms with Gasteiger partial charge in [-0.1, -0.05) is 13.8 Å². The molecule has 96 valence electrons. The summed E-state index contributed by atoms with van der Waals surface area (Å²) in [6.45, 7) is 11.4. The maximum absolute atomic E-state index is 11.6. The van der Waals surface area contributed by atoms with Gasteiger partial charge in [-0.25, -0.2) is 4.79 Å². The van der Waals surface area contributed by atoms with Crippen LogP contribution in [-0.4, -0.2) is 41.3 Å². The monoisotopic (exact) mass is 230 g/mol. The predicted octanol–water partition coefficient (Wildman–Crippen LogP) is 1.83. The molecule has 1 atom stereocenters. The summed E-state index contributed by atoms with van der Waals surface area (Å²) in [6, 6.07) is -0.103. The Hall–Kier alpha value is -0.770. The molecular formula is C12H26N2O2. The van der Waals surface area contributed by atoms with Gasteiger partial charge in [0.2, 0.25) is 0 Å². The van der Waals surface area contributed by atoms with Crippen molar-refractivity contribution in [1.29, 1.82) is 0 Å². The van der Waals surface area contributed by atoms with Gasteiger partial charge in [0, 0.05) is 19.6 Å². The van der Waals surface area contributed by atoms with E-state index >= 15 is 0 Å². The van der Waals surface area contributed by atoms with E-state index in [9.17, 15) is 9.90 Å². The number of urea groups is 1. The van der Waals surface area contributed by atoms with Gasteiger partial charge >= 0.3 is 6.03 Å². The molecule has 0 radical (unpaired) electrons. The van der Waals surface area contributed by atoms with E-state index in [1.807, 2.05) is 13.8 Å². The zero-order chi connectivity index (χ0) is 12.8. The molecule has 2 amide bonds. The van der Waals surface area contributed by atoms with E-state index in [-0.39, 0.29) is 6.03 Å². The van der Waals surface area contributed by atoms with E-state index in [1.165, 1.54) is 0 Å². The van der Waals surface area contributed by atoms with E-state index in [4.69, 9.17) is 0 Å². The van der Waals surface area contributed by atoms with Crippen molar-refractivity contribution in [3.8, 4) is 0 Å². The maximum atomic E-state index is 11.6. The molecule has 0 heterocycles. The van der Waals surface area contributed by atoms with Gasteiger partial charge in [0.25, 0.3) is 0 Å². The highest BCUT2D eigenvalue weighted by Crippen LogP contribution is 2.15. The van der Waals surface area contributed by atoms with Crippen LogP contribution in [0.25, 0.3) is 0 Å². The number of rotatable bonds is 6. The van der Waals surface area contributed by atoms with Crippen LogP contribution in [0.1, 0.15) is 41.0 Å². The molecule has 0 aliphatic heterocycles. The Morgan fingerprint density at radius 2 is 1.88 bits per heavy atom. The second kappa shape index (κ2) is 6.74. The van der Waals surface area contributed by atoms with Crippen LogP contribution >= 0.6 is 0 Å². The van der Waals surface area contributed by atoms with Crippen LogP contribution in [0.4, 0.5) is 4.79 Å². The smallest absolute Gasteiger partial charge is 0.317 e. The Kier molecular flexibility index (Phi) is 6.41. The van der Waals surface area contributed by atoms with Gasteiger partial charge in [0.05, 0.1) is 5.60 Å². The third-order valence-corrected chi connectivity index (χ3v) is 2.52. The molecule has 0 aromatic carbocycles. The Balaban J connectivity index is 4.08. The third kappa shape index (κ3) is 5.95. The van der Waals surface area contributed by atoms with Gasteiger partial charge in [0.15, 0.2) is 0 Å². The lowest BCUT2D eigenvalue weighted by molar-refractivity contribution is 0.0396. The van der Waals surface area contributed by atoms with Crippen LogP contribution in [0.15, 0.2) is 0 Å². The fraction of sp³-hybridized carbons (Fsp3) is 0.917. The second-order valence-corrected chi connectivity index (χ2v) is 4.93. The number of hydrogen-bond donors (Lipinski definition) is 2. The molecule has 0 saturated heterocycles. The van der Waals surface area contributed by atoms with E-state index in [2.05, 4.69) is 19.2 Å². The molecule has 0 spiro atoms. The van der Waals surface area contributed by atoms with Gasteiger partial charge in [-0.15, -0.1) is 0 Å². The van der Waals surface area contributed by atoms with Crippen molar-refractivity contribution < 1.29 is 9.90 Å². The van der Waals surface area contributed by atoms with Gasteiger partial charge in [-0.3, -0.25) is 0 Å². The lowest BCUT2D eigenvalue weighted by atomic mass is 9.94. The molecule has 0 bridgehead atoms. The summed E-state index contributed by atoms with van der Waals surface area (Å²) < 4.78 is 0. The van der Waals surface area contributed by atoms with Crippen LogP contribution in [0.5, 0.6) is 0 Å². The zero-order valence-corrected chi connectivity index (χ0v) is 11.2. The van der Waals surface area contributed by atoms with Crippen molar-refractivity contribution in [2.45, 2.75) is 46.6 Å². The molecule has 0 aromatic rings. The summed E-state index contributed by atoms with van der Waals surface area (Å²) in [5.41, 5.74) is -0.822. The van der Waals surface area contributed by atoms with Gasteiger partial charge in [-0.05, 0) is 33.1 Å². The SMILES string of the molecule is CCN(CC)C(=O)NCC(C)(O)CC(C)C. The number of nitrogens with one attached hydrogen (secondary N) is 1. The lowest BCUT2D eigenvalue weighted by Crippen LogP contribution is -2.47. The number of amides is 2. The molecule has 0 aliphatic carbocycles. The average Bonchev–Trinajstić information content (AvgIpc) is 2.15. The first-order chi connectivity index (χ1) is 7.32. The highest BCUT2D eigenvalue weighted by molar-refractivity contribution is 5.74. The molecule has 2 N–H and O–H groups in total. The zero-order valence-electron chi connectivity index (χ0n) is 11.2. The fourth-order valence-corrected chi connectivity index (χ4v) is 1.84. The molecule has 16 heavy (non-hydrogen) atoms. The minimum absolute atomic E-state index is 0.103. The lowest BCUT2D eigenvalue weighted by Gasteiger charge is -2.27. The van der Waals surface area contributed by atoms with Crippen LogP contribution < -0.4 is 5.32 Å². The Morgan fingerprint density at radius 1 is 1.38 bits per heavy atom. The molecule has 0 fully saturated rings. The van der Waals surface area contributed by atoms with Crippen molar-refractivity contribution in [1.82, 2.24) is 10.2 Å². The first kappa shape index (κ1) is 15.2. The van der Waals surface area contributed by atoms with Crippen LogP contribution in [-0.2, 0) is 0 Å². The minimum atomic E-state index is -0.822. The quantitative estimate of drug-likeness (QED) is 0.731. The van der Waals surface area contributed by atoms with Crippen LogP contribution in [0, 0.1) is 5.92 Å². The summed E-state index contributed by atoms with van der Waals surface area (Å²) in [5.74, 6) is 0.417. The molecule has 1 unspecified atom stereocenters. The Labute approximate surface area is 99.0 Å². The Bertz CT molecular complexity index is 211. The number of aliphatic hydroxyl groups is 1. The largest absolute Gasteiger partial charge is 0.388 e. The van der Waals surface area contributed by atoms with Gasteiger partial charge in [0.1, 0.15) is 0 Å². The maximum Gasteiger partial charge on any atom is 0.317 e. The summed E-state index contributed by atoms with van der Waals surface area (Å²) in [5, 5.41) is 12.8. The number of carbonyl (C=O) groups excluding carboxylic acids is 1. The van der Waals surface area contributed by atoms with Crippen molar-refractivity contribution in [2.75, 3.05) is 19.6 Å². The minimum Gasteiger partial charge on any atom is -0.388 e. The van der Waals surface area contributed by atoms with E-state index < -0.39 is 5.60 Å². The van der Waals surface area contributed by atoms with Crippen LogP contribution in [0.3, 0.4) is 0 Å². The van der Waals surface area contributed by atoms with Crippen molar-refractivity contribution in [2.24, 2.45) is 5.92 Å². The summed E-state index contributed by atoms with van der Waals surface area (Å²) >= 11 is 0. The van der Waals surface area contributed by atoms with E-state index in [0.29, 0.717) is 32.0 Å². The highest BCUT2D eigenvalue weighted by Gasteiger charge is 2.23. The molecule has 0 aliphatic rings. The normalized spacial score (nSPS) is 14.7. The molecule has 0 saturated carbocycles. The van der Waals surface area contributed by atoms with Crippen molar-refractivity contribution in [3.63, 3.8) is 0 Å². The summed E-state index contributed by atoms with van der Waals surface area (Å²) in [7, 11) is 0. The Morgan fingerprint density at radius 3 is 2.25 bits per heavy atom. The molecule has 4 heteroatoms. The average molecular weight is 230 g/mol. The van der Waals surface area contributed by atoms with Gasteiger partial charge < -0.3 is 15.3 Å². The first-order valence-electron chi connectivity index (χ1n) is 6.07. The van der Waals surface area contributed by atoms with Crippen molar-refractivity contribution >= 4 is 6.03 Å². The summed E-state index contributed by atoms with van der Waals surface area (Å²) in [4.78, 5) is 13.3. The van der Waals surface area contributed by atoms with Crippen LogP contribution in [0.2, 0.25) is 0 Å². The standard InChI is InChI=1S/C12H26N2O2/c1-6-14(7-2)11(15)13-9-12(5,16)8-10(3)4/h10,16H,6-9H2,1-5H3,(H,13,15). The van der Waals surface area contributed by atoms with Crippen molar-refractivity contribution in [3.05, 3.63) is 0 Å². The van der Waals surface area contributed by atoms with E-state index in [0.717, 1.165) is 0 Å². The van der Waals surface area contributed by atoms with E-state index in [1.54, 1.807) is 11.8 Å². The number of carbonyl (C=O) groups is 1. The predicted molar refractivity (Wildman–Crippen MR) is 66.4 cm³/mol. The topological polar surface area (TPSA) is 52.6 Å². The number of nitrogens with zero attached hydrogens (tertiary/aromatic N) is 1. The summed E-state index contributed by atoms with van der Waals surface area (Å²) in [6.07, 6.45) is 0.686.